The van der Waals surface area contributed by atoms with E-state index < -0.39 is 148 Å². The molecule has 2 aliphatic carbocycles. The maximum Gasteiger partial charge on any atom is 0.435 e. The molecule has 0 unspecified atom stereocenters. The minimum Gasteiger partial charge on any atom is -0.346 e. The molecule has 7 rings (SSSR count). The molecule has 0 spiro atoms. The van der Waals surface area contributed by atoms with Gasteiger partial charge in [-0.05, 0) is 74.4 Å². The fraction of sp³-hybridized carbons (Fsp3) is 0.419. The van der Waals surface area contributed by atoms with Crippen LogP contribution in [0, 0.1) is 29.4 Å². The van der Waals surface area contributed by atoms with Gasteiger partial charge in [-0.25, -0.2) is 35.4 Å². The Morgan fingerprint density at radius 1 is 0.972 bits per heavy atom. The Balaban J connectivity index is 1.49. The molecule has 0 saturated heterocycles. The van der Waals surface area contributed by atoms with Gasteiger partial charge < -0.3 is 16.0 Å². The van der Waals surface area contributed by atoms with Gasteiger partial charge in [-0.2, -0.15) is 49.6 Å². The number of carbonyl (C=O) groups is 2. The van der Waals surface area contributed by atoms with E-state index in [1.807, 2.05) is 0 Å². The second-order valence-corrected chi connectivity index (χ2v) is 22.3. The molecular weight excluding hydrogens is 1030 g/mol. The van der Waals surface area contributed by atoms with Crippen molar-refractivity contribution < 1.29 is 70.3 Å². The highest BCUT2D eigenvalue weighted by Crippen LogP contribution is 2.68. The van der Waals surface area contributed by atoms with Crippen LogP contribution in [0.25, 0.3) is 22.0 Å². The summed E-state index contributed by atoms with van der Waals surface area (Å²) in [5.74, 6) is -5.93. The van der Waals surface area contributed by atoms with Gasteiger partial charge in [0.25, 0.3) is 5.92 Å². The predicted molar refractivity (Wildman–Crippen MR) is 237 cm³/mol. The fourth-order valence-electron chi connectivity index (χ4n) is 8.23. The number of anilines is 1. The summed E-state index contributed by atoms with van der Waals surface area (Å²) in [5.41, 5.74) is -0.215. The van der Waals surface area contributed by atoms with Gasteiger partial charge in [-0.1, -0.05) is 23.6 Å². The highest BCUT2D eigenvalue weighted by Gasteiger charge is 2.68. The van der Waals surface area contributed by atoms with Crippen LogP contribution < -0.4 is 15.4 Å². The van der Waals surface area contributed by atoms with Crippen molar-refractivity contribution in [1.29, 1.82) is 0 Å². The van der Waals surface area contributed by atoms with Crippen LogP contribution in [0.3, 0.4) is 0 Å². The number of fused-ring (bicyclic) bond motifs is 4. The average molecular weight is 1070 g/mol. The van der Waals surface area contributed by atoms with Crippen molar-refractivity contribution >= 4 is 60.1 Å². The molecule has 3 amide bonds. The second-order valence-electron chi connectivity index (χ2n) is 17.5. The number of rotatable bonds is 13. The number of aromatic nitrogens is 5. The van der Waals surface area contributed by atoms with E-state index in [9.17, 15) is 61.5 Å². The minimum absolute atomic E-state index is 0.0969. The maximum atomic E-state index is 15.6. The highest BCUT2D eigenvalue weighted by atomic mass is 35.5. The number of halogens is 11. The summed E-state index contributed by atoms with van der Waals surface area (Å²) in [4.78, 5) is 33.3. The van der Waals surface area contributed by atoms with Gasteiger partial charge in [0, 0.05) is 55.1 Å². The van der Waals surface area contributed by atoms with Crippen LogP contribution in [-0.4, -0.2) is 102 Å². The largest absolute Gasteiger partial charge is 0.435 e. The SMILES string of the molecule is CN(CCN)C(=O)N(c1nn(CC(F)(F)F)c2c(-c3ccc(C#CC(C)(C)S(C)(=O)=O)nc3[C@H](Cc3cc(F)cc(F)c3)NC(=O)Cn3nc(C(F)(F)F)c4c3C(F)(F)[C@@H]3C[C@H]43)ccc(Cl)c12)S(C)(=O)=O. The number of alkyl halides is 8. The van der Waals surface area contributed by atoms with E-state index in [0.717, 1.165) is 54.6 Å². The van der Waals surface area contributed by atoms with Crippen molar-refractivity contribution in [2.24, 2.45) is 11.7 Å². The number of sulfonamides is 1. The lowest BCUT2D eigenvalue weighted by molar-refractivity contribution is -0.143. The number of carbonyl (C=O) groups excluding carboxylic acids is 2. The number of pyridine rings is 1. The van der Waals surface area contributed by atoms with Gasteiger partial charge in [0.2, 0.25) is 15.9 Å². The van der Waals surface area contributed by atoms with Crippen LogP contribution in [0.2, 0.25) is 5.02 Å². The molecule has 71 heavy (non-hydrogen) atoms. The molecule has 382 valence electrons. The Labute approximate surface area is 403 Å². The van der Waals surface area contributed by atoms with Crippen molar-refractivity contribution in [3.63, 3.8) is 0 Å². The zero-order valence-electron chi connectivity index (χ0n) is 37.6. The Hall–Kier alpha value is -5.98. The smallest absolute Gasteiger partial charge is 0.346 e. The number of benzene rings is 2. The maximum absolute atomic E-state index is 15.6. The fourth-order valence-corrected chi connectivity index (χ4v) is 9.57. The number of sulfone groups is 1. The Morgan fingerprint density at radius 3 is 2.18 bits per heavy atom. The number of amides is 3. The number of nitrogens with zero attached hydrogens (tertiary/aromatic N) is 7. The third kappa shape index (κ3) is 10.5. The van der Waals surface area contributed by atoms with Crippen molar-refractivity contribution in [1.82, 2.24) is 34.8 Å². The normalized spacial score (nSPS) is 17.0. The molecule has 5 aromatic rings. The van der Waals surface area contributed by atoms with Crippen LogP contribution in [0.1, 0.15) is 66.1 Å². The van der Waals surface area contributed by atoms with E-state index in [0.29, 0.717) is 12.3 Å². The molecule has 3 aromatic heterocycles. The monoisotopic (exact) mass is 1070 g/mol. The number of hydrogen-bond acceptors (Lipinski definition) is 10. The standard InChI is InChI=1S/C43H40ClF10N9O6S2/c1-40(2,70(4,66)67)11-10-24-6-7-25(26-8-9-29(44)33-35(26)62(20-41(47,48)49)59-38(33)63(71(5,68)69)39(65)60(3)13-12-55)34(56-24)30(16-21-14-22(45)17-23(46)15-21)57-31(64)19-61-37-32(36(58-61)43(52,53)54)27-18-28(27)42(37,50)51/h6-9,14-15,17,27-28,30H,12-13,16,18-20,55H2,1-5H3,(H,57,64)/t27-,28+,30-/m0/s1. The van der Waals surface area contributed by atoms with Crippen molar-refractivity contribution in [2.45, 2.75) is 74.8 Å². The number of likely N-dealkylation sites (N-methyl/N-ethyl adjacent to an activating group) is 1. The van der Waals surface area contributed by atoms with E-state index in [1.165, 1.54) is 13.8 Å². The topological polar surface area (TPSA) is 195 Å². The van der Waals surface area contributed by atoms with E-state index in [1.54, 1.807) is 0 Å². The van der Waals surface area contributed by atoms with Crippen molar-refractivity contribution in [2.75, 3.05) is 37.0 Å². The molecule has 1 fully saturated rings. The lowest BCUT2D eigenvalue weighted by Crippen LogP contribution is -2.46. The Bertz CT molecular complexity index is 3270. The molecule has 2 aliphatic rings. The number of nitrogens with two attached hydrogens (primary N) is 1. The molecule has 0 radical (unpaired) electrons. The zero-order chi connectivity index (χ0) is 52.7. The third-order valence-corrected chi connectivity index (χ3v) is 15.1. The van der Waals surface area contributed by atoms with Gasteiger partial charge in [0.05, 0.1) is 33.9 Å². The van der Waals surface area contributed by atoms with E-state index in [4.69, 9.17) is 17.3 Å². The average Bonchev–Trinajstić information content (AvgIpc) is 3.74. The van der Waals surface area contributed by atoms with Gasteiger partial charge in [0.15, 0.2) is 21.3 Å². The van der Waals surface area contributed by atoms with Crippen LogP contribution in [-0.2, 0) is 56.3 Å². The predicted octanol–water partition coefficient (Wildman–Crippen LogP) is 7.07. The van der Waals surface area contributed by atoms with Crippen LogP contribution in [0.5, 0.6) is 0 Å². The summed E-state index contributed by atoms with van der Waals surface area (Å²) in [6.07, 6.45) is -9.86. The summed E-state index contributed by atoms with van der Waals surface area (Å²) in [6.45, 7) is -1.19. The minimum atomic E-state index is -5.22. The zero-order valence-corrected chi connectivity index (χ0v) is 40.0. The van der Waals surface area contributed by atoms with Crippen molar-refractivity contribution in [3.05, 3.63) is 93.0 Å². The molecule has 0 bridgehead atoms. The summed E-state index contributed by atoms with van der Waals surface area (Å²) in [5, 5.41) is 8.75. The highest BCUT2D eigenvalue weighted by molar-refractivity contribution is 7.93. The molecule has 3 atom stereocenters. The van der Waals surface area contributed by atoms with Crippen LogP contribution in [0.15, 0.2) is 42.5 Å². The molecule has 0 aliphatic heterocycles. The Kier molecular flexibility index (Phi) is 13.6. The molecule has 2 aromatic carbocycles. The number of nitrogens with one attached hydrogen (secondary N) is 1. The summed E-state index contributed by atoms with van der Waals surface area (Å²) in [6, 6.07) is 3.54. The van der Waals surface area contributed by atoms with Crippen LogP contribution in [0.4, 0.5) is 54.5 Å². The lowest BCUT2D eigenvalue weighted by Gasteiger charge is -2.25. The molecular formula is C43H40ClF10N9O6S2. The van der Waals surface area contributed by atoms with Gasteiger partial charge in [-0.3, -0.25) is 14.2 Å². The van der Waals surface area contributed by atoms with Gasteiger partial charge >= 0.3 is 18.4 Å². The molecule has 28 heteroatoms. The first-order chi connectivity index (χ1) is 32.6. The van der Waals surface area contributed by atoms with E-state index in [-0.39, 0.29) is 55.6 Å². The molecule has 3 N–H and O–H groups in total. The van der Waals surface area contributed by atoms with Crippen molar-refractivity contribution in [3.8, 4) is 23.0 Å². The van der Waals surface area contributed by atoms with Crippen LogP contribution >= 0.6 is 11.6 Å². The van der Waals surface area contributed by atoms with E-state index >= 15 is 8.78 Å². The molecule has 3 heterocycles. The van der Waals surface area contributed by atoms with E-state index in [2.05, 4.69) is 32.3 Å². The molecule has 15 nitrogen and oxygen atoms in total. The summed E-state index contributed by atoms with van der Waals surface area (Å²) < 4.78 is 198. The first-order valence-corrected chi connectivity index (χ1v) is 25.0. The third-order valence-electron chi connectivity index (χ3n) is 11.8. The van der Waals surface area contributed by atoms with Gasteiger partial charge in [-0.15, -0.1) is 0 Å². The first-order valence-electron chi connectivity index (χ1n) is 20.9. The second kappa shape index (κ2) is 18.3. The lowest BCUT2D eigenvalue weighted by atomic mass is 9.93. The number of urea groups is 1. The first kappa shape index (κ1) is 52.8. The van der Waals surface area contributed by atoms with Gasteiger partial charge in [0.1, 0.15) is 40.9 Å². The molecule has 1 saturated carbocycles. The quantitative estimate of drug-likeness (QED) is 0.0910. The Morgan fingerprint density at radius 2 is 1.61 bits per heavy atom. The summed E-state index contributed by atoms with van der Waals surface area (Å²) in [7, 11) is -7.51. The summed E-state index contributed by atoms with van der Waals surface area (Å²) >= 11 is 6.63. The number of hydrogen-bond donors (Lipinski definition) is 2.